The number of sulfonamides is 2. The van der Waals surface area contributed by atoms with E-state index in [9.17, 15) is 21.6 Å². The minimum Gasteiger partial charge on any atom is -0.492 e. The third-order valence-electron chi connectivity index (χ3n) is 6.20. The molecule has 0 spiro atoms. The molecule has 3 aromatic carbocycles. The lowest BCUT2D eigenvalue weighted by atomic mass is 10.2. The number of benzene rings is 3. The quantitative estimate of drug-likeness (QED) is 0.317. The number of hydrogen-bond acceptors (Lipinski definition) is 7. The molecule has 1 heterocycles. The maximum Gasteiger partial charge on any atom is 0.264 e. The monoisotopic (exact) mass is 641 g/mol. The molecule has 10 nitrogen and oxygen atoms in total. The number of nitrogens with zero attached hydrogens (tertiary/aromatic N) is 2. The Morgan fingerprint density at radius 1 is 0.951 bits per heavy atom. The van der Waals surface area contributed by atoms with Gasteiger partial charge in [-0.2, -0.15) is 4.31 Å². The normalized spacial score (nSPS) is 14.4. The van der Waals surface area contributed by atoms with Gasteiger partial charge in [0.1, 0.15) is 18.9 Å². The van der Waals surface area contributed by atoms with Gasteiger partial charge in [0.25, 0.3) is 10.0 Å². The number of carbonyl (C=O) groups excluding carboxylic acids is 1. The molecule has 41 heavy (non-hydrogen) atoms. The highest BCUT2D eigenvalue weighted by Crippen LogP contribution is 2.33. The molecule has 1 fully saturated rings. The third kappa shape index (κ3) is 7.70. The maximum absolute atomic E-state index is 13.5. The predicted octanol–water partition coefficient (Wildman–Crippen LogP) is 3.71. The summed E-state index contributed by atoms with van der Waals surface area (Å²) in [5.41, 5.74) is 0.945. The van der Waals surface area contributed by atoms with E-state index in [0.717, 1.165) is 9.87 Å². The number of morpholine rings is 1. The summed E-state index contributed by atoms with van der Waals surface area (Å²) >= 11 is 12.4. The Bertz CT molecular complexity index is 1580. The molecule has 0 aliphatic carbocycles. The van der Waals surface area contributed by atoms with Crippen LogP contribution in [0.15, 0.2) is 76.5 Å². The maximum atomic E-state index is 13.5. The third-order valence-corrected chi connectivity index (χ3v) is 10.4. The standard InChI is InChI=1S/C27H29Cl2N3O7S2/c1-20-2-7-24(8-3-20)41(36,37)32(26-18-21(28)4-11-25(26)29)19-27(33)30-12-15-39-22-5-9-23(10-6-22)40(34,35)31-13-16-38-17-14-31/h2-11,18H,12-17,19H2,1H3,(H,30,33). The van der Waals surface area contributed by atoms with Crippen molar-refractivity contribution >= 4 is 54.8 Å². The second-order valence-corrected chi connectivity index (χ2v) is 13.8. The van der Waals surface area contributed by atoms with Crippen molar-refractivity contribution in [2.75, 3.05) is 50.3 Å². The first-order chi connectivity index (χ1) is 19.5. The summed E-state index contributed by atoms with van der Waals surface area (Å²) < 4.78 is 65.7. The molecule has 1 N–H and O–H groups in total. The zero-order chi connectivity index (χ0) is 29.6. The van der Waals surface area contributed by atoms with Gasteiger partial charge in [-0.15, -0.1) is 0 Å². The van der Waals surface area contributed by atoms with Crippen LogP contribution in [0.4, 0.5) is 5.69 Å². The summed E-state index contributed by atoms with van der Waals surface area (Å²) in [6.07, 6.45) is 0. The molecule has 0 radical (unpaired) electrons. The minimum absolute atomic E-state index is 0.00523. The molecular weight excluding hydrogens is 613 g/mol. The van der Waals surface area contributed by atoms with E-state index >= 15 is 0 Å². The van der Waals surface area contributed by atoms with Crippen LogP contribution in [0.3, 0.4) is 0 Å². The molecule has 0 unspecified atom stereocenters. The van der Waals surface area contributed by atoms with E-state index in [1.165, 1.54) is 58.9 Å². The Kier molecular flexibility index (Phi) is 10.2. The Hall–Kier alpha value is -2.87. The van der Waals surface area contributed by atoms with Crippen molar-refractivity contribution in [3.8, 4) is 5.75 Å². The molecule has 1 saturated heterocycles. The van der Waals surface area contributed by atoms with Gasteiger partial charge < -0.3 is 14.8 Å². The van der Waals surface area contributed by atoms with Crippen LogP contribution >= 0.6 is 23.2 Å². The molecule has 1 aliphatic heterocycles. The molecular formula is C27H29Cl2N3O7S2. The van der Waals surface area contributed by atoms with Crippen molar-refractivity contribution in [2.45, 2.75) is 16.7 Å². The highest BCUT2D eigenvalue weighted by atomic mass is 35.5. The highest BCUT2D eigenvalue weighted by molar-refractivity contribution is 7.93. The minimum atomic E-state index is -4.16. The average Bonchev–Trinajstić information content (AvgIpc) is 2.96. The number of ether oxygens (including phenoxy) is 2. The Labute approximate surface area is 249 Å². The Morgan fingerprint density at radius 2 is 1.59 bits per heavy atom. The van der Waals surface area contributed by atoms with Crippen molar-refractivity contribution in [3.63, 3.8) is 0 Å². The molecule has 1 aliphatic rings. The zero-order valence-corrected chi connectivity index (χ0v) is 25.3. The van der Waals surface area contributed by atoms with Crippen LogP contribution in [-0.2, 0) is 29.6 Å². The van der Waals surface area contributed by atoms with Gasteiger partial charge in [-0.3, -0.25) is 9.10 Å². The van der Waals surface area contributed by atoms with E-state index < -0.39 is 32.5 Å². The largest absolute Gasteiger partial charge is 0.492 e. The lowest BCUT2D eigenvalue weighted by Crippen LogP contribution is -2.42. The molecule has 1 amide bonds. The summed E-state index contributed by atoms with van der Waals surface area (Å²) in [5.74, 6) is -0.179. The fraction of sp³-hybridized carbons (Fsp3) is 0.296. The van der Waals surface area contributed by atoms with Gasteiger partial charge in [-0.25, -0.2) is 16.8 Å². The van der Waals surface area contributed by atoms with Crippen molar-refractivity contribution in [2.24, 2.45) is 0 Å². The number of rotatable bonds is 11. The number of carbonyl (C=O) groups is 1. The summed E-state index contributed by atoms with van der Waals surface area (Å²) in [4.78, 5) is 13.0. The van der Waals surface area contributed by atoms with E-state index in [2.05, 4.69) is 5.32 Å². The molecule has 4 rings (SSSR count). The SMILES string of the molecule is Cc1ccc(S(=O)(=O)N(CC(=O)NCCOc2ccc(S(=O)(=O)N3CCOCC3)cc2)c2cc(Cl)ccc2Cl)cc1. The fourth-order valence-corrected chi connectivity index (χ4v) is 7.28. The summed E-state index contributed by atoms with van der Waals surface area (Å²) in [6.45, 7) is 2.71. The Balaban J connectivity index is 1.38. The van der Waals surface area contributed by atoms with Crippen LogP contribution in [0.1, 0.15) is 5.56 Å². The Morgan fingerprint density at radius 3 is 2.24 bits per heavy atom. The zero-order valence-electron chi connectivity index (χ0n) is 22.1. The fourth-order valence-electron chi connectivity index (χ4n) is 4.00. The molecule has 0 aromatic heterocycles. The van der Waals surface area contributed by atoms with Crippen molar-refractivity contribution in [1.82, 2.24) is 9.62 Å². The number of nitrogens with one attached hydrogen (secondary N) is 1. The lowest BCUT2D eigenvalue weighted by molar-refractivity contribution is -0.119. The average molecular weight is 643 g/mol. The number of halogens is 2. The lowest BCUT2D eigenvalue weighted by Gasteiger charge is -2.26. The summed E-state index contributed by atoms with van der Waals surface area (Å²) in [6, 6.07) is 16.6. The molecule has 3 aromatic rings. The van der Waals surface area contributed by atoms with E-state index in [1.807, 2.05) is 6.92 Å². The smallest absolute Gasteiger partial charge is 0.264 e. The van der Waals surface area contributed by atoms with E-state index in [1.54, 1.807) is 12.1 Å². The number of aryl methyl sites for hydroxylation is 1. The number of amides is 1. The van der Waals surface area contributed by atoms with Crippen molar-refractivity contribution < 1.29 is 31.1 Å². The summed E-state index contributed by atoms with van der Waals surface area (Å²) in [7, 11) is -7.79. The molecule has 0 atom stereocenters. The number of anilines is 1. The van der Waals surface area contributed by atoms with Gasteiger partial charge in [0, 0.05) is 18.1 Å². The van der Waals surface area contributed by atoms with Crippen molar-refractivity contribution in [1.29, 1.82) is 0 Å². The van der Waals surface area contributed by atoms with Gasteiger partial charge >= 0.3 is 0 Å². The molecule has 14 heteroatoms. The topological polar surface area (TPSA) is 122 Å². The van der Waals surface area contributed by atoms with Crippen LogP contribution in [0.2, 0.25) is 10.0 Å². The number of hydrogen-bond donors (Lipinski definition) is 1. The van der Waals surface area contributed by atoms with Crippen LogP contribution in [0.5, 0.6) is 5.75 Å². The first kappa shape index (κ1) is 31.1. The van der Waals surface area contributed by atoms with Gasteiger partial charge in [0.15, 0.2) is 0 Å². The van der Waals surface area contributed by atoms with Gasteiger partial charge in [-0.05, 0) is 61.5 Å². The van der Waals surface area contributed by atoms with E-state index in [-0.39, 0.29) is 38.7 Å². The predicted molar refractivity (Wildman–Crippen MR) is 157 cm³/mol. The first-order valence-corrected chi connectivity index (χ1v) is 16.2. The molecule has 0 bridgehead atoms. The van der Waals surface area contributed by atoms with Gasteiger partial charge in [-0.1, -0.05) is 40.9 Å². The molecule has 220 valence electrons. The van der Waals surface area contributed by atoms with Gasteiger partial charge in [0.2, 0.25) is 15.9 Å². The molecule has 0 saturated carbocycles. The highest BCUT2D eigenvalue weighted by Gasteiger charge is 2.29. The van der Waals surface area contributed by atoms with E-state index in [0.29, 0.717) is 32.1 Å². The van der Waals surface area contributed by atoms with Crippen LogP contribution < -0.4 is 14.4 Å². The van der Waals surface area contributed by atoms with Crippen LogP contribution in [-0.4, -0.2) is 73.0 Å². The van der Waals surface area contributed by atoms with Crippen molar-refractivity contribution in [3.05, 3.63) is 82.3 Å². The second kappa shape index (κ2) is 13.4. The van der Waals surface area contributed by atoms with E-state index in [4.69, 9.17) is 32.7 Å². The second-order valence-electron chi connectivity index (χ2n) is 9.11. The van der Waals surface area contributed by atoms with Crippen LogP contribution in [0, 0.1) is 6.92 Å². The van der Waals surface area contributed by atoms with Crippen LogP contribution in [0.25, 0.3) is 0 Å². The van der Waals surface area contributed by atoms with Gasteiger partial charge in [0.05, 0.1) is 40.3 Å². The first-order valence-electron chi connectivity index (χ1n) is 12.6. The summed E-state index contributed by atoms with van der Waals surface area (Å²) in [5, 5.41) is 3.01.